The van der Waals surface area contributed by atoms with Crippen LogP contribution < -0.4 is 10.1 Å². The zero-order valence-corrected chi connectivity index (χ0v) is 12.7. The average molecular weight is 294 g/mol. The van der Waals surface area contributed by atoms with E-state index < -0.39 is 0 Å². The van der Waals surface area contributed by atoms with E-state index in [0.29, 0.717) is 6.42 Å². The van der Waals surface area contributed by atoms with E-state index in [2.05, 4.69) is 28.1 Å². The Hall–Kier alpha value is -2.75. The number of rotatable bonds is 4. The largest absolute Gasteiger partial charge is 0.497 e. The summed E-state index contributed by atoms with van der Waals surface area (Å²) in [5, 5.41) is 4.06. The monoisotopic (exact) mass is 294 g/mol. The van der Waals surface area contributed by atoms with Gasteiger partial charge in [0.25, 0.3) is 0 Å². The van der Waals surface area contributed by atoms with Gasteiger partial charge in [-0.25, -0.2) is 0 Å². The van der Waals surface area contributed by atoms with Crippen molar-refractivity contribution in [1.82, 2.24) is 4.57 Å². The maximum Gasteiger partial charge on any atom is 0.230 e. The Morgan fingerprint density at radius 3 is 2.55 bits per heavy atom. The van der Waals surface area contributed by atoms with E-state index in [9.17, 15) is 4.79 Å². The molecule has 0 bridgehead atoms. The normalized spacial score (nSPS) is 10.6. The molecule has 0 saturated carbocycles. The Morgan fingerprint density at radius 1 is 1.14 bits per heavy atom. The van der Waals surface area contributed by atoms with Gasteiger partial charge in [-0.15, -0.1) is 0 Å². The van der Waals surface area contributed by atoms with Gasteiger partial charge in [-0.05, 0) is 41.8 Å². The molecule has 0 radical (unpaired) electrons. The summed E-state index contributed by atoms with van der Waals surface area (Å²) >= 11 is 0. The number of hydrogen-bond donors (Lipinski definition) is 1. The minimum absolute atomic E-state index is 0.0314. The number of ether oxygens (including phenoxy) is 1. The second kappa shape index (κ2) is 5.93. The molecule has 4 heteroatoms. The minimum atomic E-state index is -0.0314. The molecular formula is C18H18N2O2. The highest BCUT2D eigenvalue weighted by atomic mass is 16.5. The van der Waals surface area contributed by atoms with Crippen molar-refractivity contribution in [3.8, 4) is 5.75 Å². The molecular weight excluding hydrogens is 276 g/mol. The number of para-hydroxylation sites is 1. The summed E-state index contributed by atoms with van der Waals surface area (Å²) in [6, 6.07) is 17.5. The lowest BCUT2D eigenvalue weighted by Crippen LogP contribution is -2.16. The van der Waals surface area contributed by atoms with Crippen LogP contribution in [0.15, 0.2) is 54.6 Å². The summed E-state index contributed by atoms with van der Waals surface area (Å²) in [6.07, 6.45) is 0.344. The first kappa shape index (κ1) is 14.2. The number of fused-ring (bicyclic) bond motifs is 1. The number of methoxy groups -OCH3 is 1. The van der Waals surface area contributed by atoms with Crippen molar-refractivity contribution in [2.24, 2.45) is 7.05 Å². The SMILES string of the molecule is COc1ccc(NC(=O)Cc2cc3ccccc3n2C)cc1. The summed E-state index contributed by atoms with van der Waals surface area (Å²) in [4.78, 5) is 12.2. The molecule has 0 spiro atoms. The number of amides is 1. The molecule has 0 aliphatic heterocycles. The molecule has 0 saturated heterocycles. The highest BCUT2D eigenvalue weighted by Gasteiger charge is 2.10. The molecule has 0 unspecified atom stereocenters. The average Bonchev–Trinajstić information content (AvgIpc) is 2.84. The van der Waals surface area contributed by atoms with Gasteiger partial charge in [-0.3, -0.25) is 4.79 Å². The van der Waals surface area contributed by atoms with Gasteiger partial charge in [0, 0.05) is 23.9 Å². The van der Waals surface area contributed by atoms with Gasteiger partial charge in [0.1, 0.15) is 5.75 Å². The van der Waals surface area contributed by atoms with E-state index >= 15 is 0 Å². The number of carbonyl (C=O) groups excluding carboxylic acids is 1. The molecule has 112 valence electrons. The second-order valence-corrected chi connectivity index (χ2v) is 5.21. The van der Waals surface area contributed by atoms with Crippen LogP contribution in [-0.4, -0.2) is 17.6 Å². The molecule has 0 aliphatic rings. The van der Waals surface area contributed by atoms with Gasteiger partial charge in [0.05, 0.1) is 13.5 Å². The maximum atomic E-state index is 12.2. The van der Waals surface area contributed by atoms with Crippen molar-refractivity contribution in [2.45, 2.75) is 6.42 Å². The number of aromatic nitrogens is 1. The summed E-state index contributed by atoms with van der Waals surface area (Å²) in [5.74, 6) is 0.739. The smallest absolute Gasteiger partial charge is 0.230 e. The van der Waals surface area contributed by atoms with Crippen LogP contribution in [0, 0.1) is 0 Å². The Bertz CT molecular complexity index is 804. The van der Waals surface area contributed by atoms with Crippen molar-refractivity contribution in [2.75, 3.05) is 12.4 Å². The first-order chi connectivity index (χ1) is 10.7. The van der Waals surface area contributed by atoms with E-state index in [1.54, 1.807) is 7.11 Å². The predicted octanol–water partition coefficient (Wildman–Crippen LogP) is 3.37. The summed E-state index contributed by atoms with van der Waals surface area (Å²) in [6.45, 7) is 0. The fourth-order valence-corrected chi connectivity index (χ4v) is 2.56. The molecule has 1 heterocycles. The molecule has 4 nitrogen and oxygen atoms in total. The Kier molecular flexibility index (Phi) is 3.83. The molecule has 22 heavy (non-hydrogen) atoms. The number of aryl methyl sites for hydroxylation is 1. The molecule has 3 aromatic rings. The Morgan fingerprint density at radius 2 is 1.86 bits per heavy atom. The maximum absolute atomic E-state index is 12.2. The second-order valence-electron chi connectivity index (χ2n) is 5.21. The summed E-state index contributed by atoms with van der Waals surface area (Å²) < 4.78 is 7.16. The number of nitrogens with one attached hydrogen (secondary N) is 1. The van der Waals surface area contributed by atoms with Gasteiger partial charge >= 0.3 is 0 Å². The third kappa shape index (κ3) is 2.81. The number of nitrogens with zero attached hydrogens (tertiary/aromatic N) is 1. The molecule has 0 aliphatic carbocycles. The third-order valence-electron chi connectivity index (χ3n) is 3.77. The van der Waals surface area contributed by atoms with Crippen LogP contribution in [0.3, 0.4) is 0 Å². The fraction of sp³-hybridized carbons (Fsp3) is 0.167. The predicted molar refractivity (Wildman–Crippen MR) is 88.2 cm³/mol. The third-order valence-corrected chi connectivity index (χ3v) is 3.77. The molecule has 1 amide bonds. The number of benzene rings is 2. The van der Waals surface area contributed by atoms with Gasteiger partial charge in [0.15, 0.2) is 0 Å². The zero-order valence-electron chi connectivity index (χ0n) is 12.7. The molecule has 0 fully saturated rings. The minimum Gasteiger partial charge on any atom is -0.497 e. The molecule has 1 aromatic heterocycles. The quantitative estimate of drug-likeness (QED) is 0.801. The molecule has 0 atom stereocenters. The van der Waals surface area contributed by atoms with E-state index in [1.807, 2.05) is 43.4 Å². The summed E-state index contributed by atoms with van der Waals surface area (Å²) in [5.41, 5.74) is 2.89. The lowest BCUT2D eigenvalue weighted by Gasteiger charge is -2.07. The lowest BCUT2D eigenvalue weighted by atomic mass is 10.2. The number of hydrogen-bond acceptors (Lipinski definition) is 2. The highest BCUT2D eigenvalue weighted by Crippen LogP contribution is 2.19. The number of carbonyl (C=O) groups is 1. The van der Waals surface area contributed by atoms with E-state index in [0.717, 1.165) is 28.0 Å². The lowest BCUT2D eigenvalue weighted by molar-refractivity contribution is -0.115. The van der Waals surface area contributed by atoms with Gasteiger partial charge in [-0.2, -0.15) is 0 Å². The van der Waals surface area contributed by atoms with Crippen LogP contribution >= 0.6 is 0 Å². The van der Waals surface area contributed by atoms with Crippen LogP contribution in [0.25, 0.3) is 10.9 Å². The topological polar surface area (TPSA) is 43.3 Å². The van der Waals surface area contributed by atoms with Crippen LogP contribution in [0.1, 0.15) is 5.69 Å². The van der Waals surface area contributed by atoms with E-state index in [-0.39, 0.29) is 5.91 Å². The Balaban J connectivity index is 1.73. The Labute approximate surface area is 129 Å². The zero-order chi connectivity index (χ0) is 15.5. The molecule has 2 aromatic carbocycles. The summed E-state index contributed by atoms with van der Waals surface area (Å²) in [7, 11) is 3.60. The van der Waals surface area contributed by atoms with Gasteiger partial charge < -0.3 is 14.6 Å². The van der Waals surface area contributed by atoms with Gasteiger partial charge in [-0.1, -0.05) is 18.2 Å². The van der Waals surface area contributed by atoms with Crippen LogP contribution in [0.2, 0.25) is 0 Å². The molecule has 1 N–H and O–H groups in total. The molecule has 3 rings (SSSR count). The number of anilines is 1. The van der Waals surface area contributed by atoms with E-state index in [1.165, 1.54) is 0 Å². The first-order valence-corrected chi connectivity index (χ1v) is 7.14. The first-order valence-electron chi connectivity index (χ1n) is 7.14. The van der Waals surface area contributed by atoms with Crippen molar-refractivity contribution in [3.05, 3.63) is 60.3 Å². The van der Waals surface area contributed by atoms with Crippen molar-refractivity contribution in [1.29, 1.82) is 0 Å². The van der Waals surface area contributed by atoms with Crippen molar-refractivity contribution in [3.63, 3.8) is 0 Å². The van der Waals surface area contributed by atoms with Crippen molar-refractivity contribution >= 4 is 22.5 Å². The van der Waals surface area contributed by atoms with Crippen LogP contribution in [0.5, 0.6) is 5.75 Å². The van der Waals surface area contributed by atoms with Crippen LogP contribution in [0.4, 0.5) is 5.69 Å². The van der Waals surface area contributed by atoms with Gasteiger partial charge in [0.2, 0.25) is 5.91 Å². The standard InChI is InChI=1S/C18H18N2O2/c1-20-15(11-13-5-3-4-6-17(13)20)12-18(21)19-14-7-9-16(22-2)10-8-14/h3-11H,12H2,1-2H3,(H,19,21). The fourth-order valence-electron chi connectivity index (χ4n) is 2.56. The van der Waals surface area contributed by atoms with Crippen LogP contribution in [-0.2, 0) is 18.3 Å². The van der Waals surface area contributed by atoms with E-state index in [4.69, 9.17) is 4.74 Å². The highest BCUT2D eigenvalue weighted by molar-refractivity contribution is 5.93. The van der Waals surface area contributed by atoms with Crippen molar-refractivity contribution < 1.29 is 9.53 Å².